The zero-order chi connectivity index (χ0) is 20.9. The quantitative estimate of drug-likeness (QED) is 0.566. The summed E-state index contributed by atoms with van der Waals surface area (Å²) in [6.07, 6.45) is 6.75. The summed E-state index contributed by atoms with van der Waals surface area (Å²) in [6.45, 7) is 6.50. The monoisotopic (exact) mass is 396 g/mol. The van der Waals surface area contributed by atoms with E-state index in [0.717, 1.165) is 43.6 Å². The zero-order valence-corrected chi connectivity index (χ0v) is 17.3. The number of nitrogens with two attached hydrogens (primary N) is 1. The van der Waals surface area contributed by atoms with Gasteiger partial charge in [0.15, 0.2) is 0 Å². The van der Waals surface area contributed by atoms with Crippen molar-refractivity contribution in [1.82, 2.24) is 16.0 Å². The van der Waals surface area contributed by atoms with Crippen molar-refractivity contribution in [2.75, 3.05) is 19.6 Å². The van der Waals surface area contributed by atoms with Gasteiger partial charge < -0.3 is 21.7 Å². The molecule has 2 atom stereocenters. The standard InChI is InChI=1S/C23H32N4O2/c1-16(18-6-4-3-5-7-18)20-14-19(15-23(2,27-20)22(24)29)21(28)26-13-10-17-8-11-25-12-9-17/h3-7,14-17,25,27H,8-13H2,1-2H3,(H2,24,29)(H,26,28). The van der Waals surface area contributed by atoms with E-state index in [4.69, 9.17) is 5.73 Å². The van der Waals surface area contributed by atoms with Crippen molar-refractivity contribution in [3.63, 3.8) is 0 Å². The molecule has 156 valence electrons. The summed E-state index contributed by atoms with van der Waals surface area (Å²) in [5.41, 5.74) is 6.94. The molecule has 2 aliphatic rings. The molecule has 2 unspecified atom stereocenters. The maximum Gasteiger partial charge on any atom is 0.251 e. The number of primary amides is 1. The fourth-order valence-corrected chi connectivity index (χ4v) is 3.97. The summed E-state index contributed by atoms with van der Waals surface area (Å²) < 4.78 is 0. The van der Waals surface area contributed by atoms with Crippen LogP contribution in [0.2, 0.25) is 0 Å². The number of carbonyl (C=O) groups excluding carboxylic acids is 2. The van der Waals surface area contributed by atoms with Crippen LogP contribution in [0.4, 0.5) is 0 Å². The molecule has 6 nitrogen and oxygen atoms in total. The molecule has 0 saturated carbocycles. The van der Waals surface area contributed by atoms with E-state index < -0.39 is 11.4 Å². The maximum atomic E-state index is 12.8. The molecule has 1 aromatic carbocycles. The van der Waals surface area contributed by atoms with Crippen LogP contribution < -0.4 is 21.7 Å². The lowest BCUT2D eigenvalue weighted by Gasteiger charge is -2.33. The highest BCUT2D eigenvalue weighted by molar-refractivity contribution is 5.99. The largest absolute Gasteiger partial charge is 0.371 e. The van der Waals surface area contributed by atoms with Gasteiger partial charge in [-0.1, -0.05) is 37.3 Å². The highest BCUT2D eigenvalue weighted by Gasteiger charge is 2.35. The van der Waals surface area contributed by atoms with E-state index in [0.29, 0.717) is 18.0 Å². The van der Waals surface area contributed by atoms with Gasteiger partial charge in [-0.25, -0.2) is 0 Å². The number of benzene rings is 1. The molecule has 0 aromatic heterocycles. The average Bonchev–Trinajstić information content (AvgIpc) is 2.74. The molecule has 0 spiro atoms. The number of piperidine rings is 1. The first-order chi connectivity index (χ1) is 13.9. The third kappa shape index (κ3) is 5.26. The highest BCUT2D eigenvalue weighted by atomic mass is 16.2. The summed E-state index contributed by atoms with van der Waals surface area (Å²) in [5, 5.41) is 9.63. The molecule has 1 saturated heterocycles. The number of dihydropyridines is 1. The smallest absolute Gasteiger partial charge is 0.251 e. The average molecular weight is 397 g/mol. The van der Waals surface area contributed by atoms with E-state index in [2.05, 4.69) is 16.0 Å². The van der Waals surface area contributed by atoms with Crippen molar-refractivity contribution in [3.8, 4) is 0 Å². The number of amides is 2. The first kappa shape index (κ1) is 21.1. The molecule has 0 bridgehead atoms. The molecular formula is C23H32N4O2. The van der Waals surface area contributed by atoms with E-state index >= 15 is 0 Å². The Bertz CT molecular complexity index is 796. The fraction of sp³-hybridized carbons (Fsp3) is 0.478. The lowest BCUT2D eigenvalue weighted by atomic mass is 9.87. The second kappa shape index (κ2) is 9.27. The van der Waals surface area contributed by atoms with Gasteiger partial charge in [0, 0.05) is 23.7 Å². The minimum absolute atomic E-state index is 0.00103. The van der Waals surface area contributed by atoms with Gasteiger partial charge in [-0.2, -0.15) is 0 Å². The van der Waals surface area contributed by atoms with E-state index in [-0.39, 0.29) is 11.8 Å². The highest BCUT2D eigenvalue weighted by Crippen LogP contribution is 2.29. The minimum atomic E-state index is -1.10. The topological polar surface area (TPSA) is 96.2 Å². The third-order valence-corrected chi connectivity index (χ3v) is 6.00. The van der Waals surface area contributed by atoms with Gasteiger partial charge in [0.05, 0.1) is 0 Å². The molecule has 5 N–H and O–H groups in total. The van der Waals surface area contributed by atoms with Crippen LogP contribution in [-0.4, -0.2) is 37.0 Å². The number of hydrogen-bond donors (Lipinski definition) is 4. The minimum Gasteiger partial charge on any atom is -0.371 e. The van der Waals surface area contributed by atoms with Gasteiger partial charge in [-0.15, -0.1) is 0 Å². The number of allylic oxidation sites excluding steroid dienone is 1. The number of rotatable bonds is 7. The van der Waals surface area contributed by atoms with E-state index in [9.17, 15) is 9.59 Å². The molecule has 2 amide bonds. The molecule has 1 fully saturated rings. The molecule has 2 heterocycles. The molecule has 6 heteroatoms. The van der Waals surface area contributed by atoms with Gasteiger partial charge in [0.25, 0.3) is 5.91 Å². The van der Waals surface area contributed by atoms with Gasteiger partial charge >= 0.3 is 0 Å². The Labute approximate surface area is 173 Å². The molecule has 1 aromatic rings. The molecule has 0 radical (unpaired) electrons. The summed E-state index contributed by atoms with van der Waals surface area (Å²) >= 11 is 0. The van der Waals surface area contributed by atoms with Crippen molar-refractivity contribution in [1.29, 1.82) is 0 Å². The summed E-state index contributed by atoms with van der Waals surface area (Å²) in [4.78, 5) is 25.0. The van der Waals surface area contributed by atoms with Gasteiger partial charge in [-0.05, 0) is 62.9 Å². The van der Waals surface area contributed by atoms with Crippen LogP contribution >= 0.6 is 0 Å². The van der Waals surface area contributed by atoms with Gasteiger partial charge in [-0.3, -0.25) is 9.59 Å². The SMILES string of the molecule is CC(C1=CC(C(=O)NCCC2CCNCC2)=CC(C)(C(N)=O)N1)c1ccccc1. The van der Waals surface area contributed by atoms with Crippen LogP contribution in [0, 0.1) is 5.92 Å². The fourth-order valence-electron chi connectivity index (χ4n) is 3.97. The second-order valence-electron chi connectivity index (χ2n) is 8.26. The van der Waals surface area contributed by atoms with Crippen LogP contribution in [0.25, 0.3) is 0 Å². The Hall–Kier alpha value is -2.60. The number of carbonyl (C=O) groups is 2. The first-order valence-corrected chi connectivity index (χ1v) is 10.5. The van der Waals surface area contributed by atoms with Gasteiger partial charge in [0.1, 0.15) is 5.54 Å². The van der Waals surface area contributed by atoms with Crippen LogP contribution in [0.5, 0.6) is 0 Å². The van der Waals surface area contributed by atoms with Crippen LogP contribution in [-0.2, 0) is 9.59 Å². The molecular weight excluding hydrogens is 364 g/mol. The van der Waals surface area contributed by atoms with Crippen molar-refractivity contribution in [2.24, 2.45) is 11.7 Å². The van der Waals surface area contributed by atoms with Crippen molar-refractivity contribution >= 4 is 11.8 Å². The second-order valence-corrected chi connectivity index (χ2v) is 8.26. The van der Waals surface area contributed by atoms with E-state index in [1.165, 1.54) is 0 Å². The molecule has 3 rings (SSSR count). The zero-order valence-electron chi connectivity index (χ0n) is 17.3. The van der Waals surface area contributed by atoms with E-state index in [1.54, 1.807) is 13.0 Å². The molecule has 0 aliphatic carbocycles. The maximum absolute atomic E-state index is 12.8. The summed E-state index contributed by atoms with van der Waals surface area (Å²) in [5.74, 6) is -0.0196. The van der Waals surface area contributed by atoms with Crippen LogP contribution in [0.1, 0.15) is 44.6 Å². The van der Waals surface area contributed by atoms with Crippen molar-refractivity contribution < 1.29 is 9.59 Å². The van der Waals surface area contributed by atoms with E-state index in [1.807, 2.05) is 43.3 Å². The third-order valence-electron chi connectivity index (χ3n) is 6.00. The Balaban J connectivity index is 1.73. The number of hydrogen-bond acceptors (Lipinski definition) is 4. The normalized spacial score (nSPS) is 23.4. The lowest BCUT2D eigenvalue weighted by molar-refractivity contribution is -0.122. The van der Waals surface area contributed by atoms with Crippen molar-refractivity contribution in [2.45, 2.75) is 44.6 Å². The Kier molecular flexibility index (Phi) is 6.75. The predicted octanol–water partition coefficient (Wildman–Crippen LogP) is 1.95. The Morgan fingerprint density at radius 3 is 2.59 bits per heavy atom. The summed E-state index contributed by atoms with van der Waals surface area (Å²) in [7, 11) is 0. The lowest BCUT2D eigenvalue weighted by Crippen LogP contribution is -2.53. The van der Waals surface area contributed by atoms with Crippen molar-refractivity contribution in [3.05, 3.63) is 59.3 Å². The molecule has 29 heavy (non-hydrogen) atoms. The Morgan fingerprint density at radius 1 is 1.24 bits per heavy atom. The molecule has 2 aliphatic heterocycles. The predicted molar refractivity (Wildman–Crippen MR) is 115 cm³/mol. The first-order valence-electron chi connectivity index (χ1n) is 10.5. The Morgan fingerprint density at radius 2 is 1.93 bits per heavy atom. The number of nitrogens with one attached hydrogen (secondary N) is 3. The van der Waals surface area contributed by atoms with Crippen LogP contribution in [0.15, 0.2) is 53.8 Å². The van der Waals surface area contributed by atoms with Crippen LogP contribution in [0.3, 0.4) is 0 Å². The summed E-state index contributed by atoms with van der Waals surface area (Å²) in [6, 6.07) is 9.99. The van der Waals surface area contributed by atoms with Gasteiger partial charge in [0.2, 0.25) is 5.91 Å².